The van der Waals surface area contributed by atoms with Gasteiger partial charge in [-0.25, -0.2) is 13.6 Å². The highest BCUT2D eigenvalue weighted by molar-refractivity contribution is 7.71. The SMILES string of the molecule is CCOC(=O)c1c(O)c2cc(F)c(-c3ccccc3)c(F)c2[nH]c1=S. The van der Waals surface area contributed by atoms with E-state index in [1.165, 1.54) is 0 Å². The molecule has 0 saturated carbocycles. The highest BCUT2D eigenvalue weighted by atomic mass is 32.1. The highest BCUT2D eigenvalue weighted by Crippen LogP contribution is 2.36. The van der Waals surface area contributed by atoms with E-state index in [1.807, 2.05) is 0 Å². The number of rotatable bonds is 3. The van der Waals surface area contributed by atoms with Crippen LogP contribution in [0, 0.1) is 16.3 Å². The van der Waals surface area contributed by atoms with Crippen LogP contribution in [0.3, 0.4) is 0 Å². The van der Waals surface area contributed by atoms with Crippen LogP contribution in [0.1, 0.15) is 17.3 Å². The Labute approximate surface area is 146 Å². The van der Waals surface area contributed by atoms with Crippen molar-refractivity contribution in [3.05, 3.63) is 58.2 Å². The number of hydrogen-bond acceptors (Lipinski definition) is 4. The van der Waals surface area contributed by atoms with Gasteiger partial charge in [-0.2, -0.15) is 0 Å². The zero-order chi connectivity index (χ0) is 18.1. The normalized spacial score (nSPS) is 10.8. The fourth-order valence-corrected chi connectivity index (χ4v) is 2.89. The fourth-order valence-electron chi connectivity index (χ4n) is 2.61. The third-order valence-electron chi connectivity index (χ3n) is 3.72. The molecule has 3 aromatic rings. The first-order chi connectivity index (χ1) is 12.0. The van der Waals surface area contributed by atoms with Crippen LogP contribution in [0.5, 0.6) is 5.75 Å². The number of halogens is 2. The summed E-state index contributed by atoms with van der Waals surface area (Å²) in [5.74, 6) is -3.25. The summed E-state index contributed by atoms with van der Waals surface area (Å²) < 4.78 is 34.1. The van der Waals surface area contributed by atoms with E-state index >= 15 is 0 Å². The molecule has 3 rings (SSSR count). The van der Waals surface area contributed by atoms with Crippen molar-refractivity contribution in [2.24, 2.45) is 0 Å². The number of nitrogens with one attached hydrogen (secondary N) is 1. The van der Waals surface area contributed by atoms with Crippen LogP contribution >= 0.6 is 12.2 Å². The molecule has 0 bridgehead atoms. The molecule has 1 aromatic heterocycles. The minimum atomic E-state index is -0.905. The first-order valence-corrected chi connectivity index (χ1v) is 7.86. The number of benzene rings is 2. The summed E-state index contributed by atoms with van der Waals surface area (Å²) in [6.07, 6.45) is 0. The van der Waals surface area contributed by atoms with Gasteiger partial charge < -0.3 is 14.8 Å². The molecule has 0 saturated heterocycles. The van der Waals surface area contributed by atoms with Gasteiger partial charge in [0.1, 0.15) is 21.8 Å². The number of pyridine rings is 1. The van der Waals surface area contributed by atoms with Gasteiger partial charge in [-0.3, -0.25) is 0 Å². The molecular weight excluding hydrogens is 348 g/mol. The largest absolute Gasteiger partial charge is 0.506 e. The van der Waals surface area contributed by atoms with E-state index in [1.54, 1.807) is 37.3 Å². The summed E-state index contributed by atoms with van der Waals surface area (Å²) >= 11 is 5.03. The minimum Gasteiger partial charge on any atom is -0.506 e. The number of esters is 1. The molecule has 0 aliphatic rings. The van der Waals surface area contributed by atoms with Crippen molar-refractivity contribution >= 4 is 29.1 Å². The summed E-state index contributed by atoms with van der Waals surface area (Å²) in [5.41, 5.74) is -0.416. The predicted molar refractivity (Wildman–Crippen MR) is 92.1 cm³/mol. The number of aromatic amines is 1. The van der Waals surface area contributed by atoms with E-state index in [9.17, 15) is 18.7 Å². The van der Waals surface area contributed by atoms with Crippen molar-refractivity contribution in [1.29, 1.82) is 0 Å². The standard InChI is InChI=1S/C18H13F2NO3S/c1-2-24-18(23)13-16(22)10-8-11(19)12(9-6-4-3-5-7-9)14(20)15(10)21-17(13)25/h3-8H,2H2,1H3,(H2,21,22,25). The number of carbonyl (C=O) groups is 1. The van der Waals surface area contributed by atoms with Gasteiger partial charge in [-0.05, 0) is 18.6 Å². The average molecular weight is 361 g/mol. The van der Waals surface area contributed by atoms with Crippen molar-refractivity contribution in [2.75, 3.05) is 6.61 Å². The van der Waals surface area contributed by atoms with Crippen LogP contribution in [-0.2, 0) is 4.74 Å². The number of hydrogen-bond donors (Lipinski definition) is 2. The van der Waals surface area contributed by atoms with Crippen molar-refractivity contribution in [2.45, 2.75) is 6.92 Å². The van der Waals surface area contributed by atoms with Crippen molar-refractivity contribution in [1.82, 2.24) is 4.98 Å². The molecule has 7 heteroatoms. The molecule has 0 aliphatic carbocycles. The first-order valence-electron chi connectivity index (χ1n) is 7.45. The van der Waals surface area contributed by atoms with Crippen LogP contribution in [0.25, 0.3) is 22.0 Å². The zero-order valence-corrected chi connectivity index (χ0v) is 13.9. The Morgan fingerprint density at radius 3 is 2.60 bits per heavy atom. The minimum absolute atomic E-state index is 0.0702. The number of aromatic hydroxyl groups is 1. The maximum Gasteiger partial charge on any atom is 0.344 e. The van der Waals surface area contributed by atoms with Gasteiger partial charge >= 0.3 is 5.97 Å². The summed E-state index contributed by atoms with van der Waals surface area (Å²) in [6.45, 7) is 1.66. The third-order valence-corrected chi connectivity index (χ3v) is 4.02. The monoisotopic (exact) mass is 361 g/mol. The lowest BCUT2D eigenvalue weighted by Gasteiger charge is -2.12. The van der Waals surface area contributed by atoms with Crippen molar-refractivity contribution in [3.8, 4) is 16.9 Å². The topological polar surface area (TPSA) is 62.3 Å². The predicted octanol–water partition coefficient (Wildman–Crippen LogP) is 4.72. The molecule has 0 atom stereocenters. The first kappa shape index (κ1) is 17.0. The molecule has 0 spiro atoms. The highest BCUT2D eigenvalue weighted by Gasteiger charge is 2.23. The average Bonchev–Trinajstić information content (AvgIpc) is 2.57. The molecule has 0 aliphatic heterocycles. The molecule has 1 heterocycles. The maximum atomic E-state index is 14.9. The summed E-state index contributed by atoms with van der Waals surface area (Å²) in [7, 11) is 0. The Morgan fingerprint density at radius 2 is 1.96 bits per heavy atom. The van der Waals surface area contributed by atoms with Gasteiger partial charge in [-0.1, -0.05) is 42.5 Å². The smallest absolute Gasteiger partial charge is 0.344 e. The maximum absolute atomic E-state index is 14.9. The van der Waals surface area contributed by atoms with Crippen LogP contribution < -0.4 is 0 Å². The molecule has 25 heavy (non-hydrogen) atoms. The summed E-state index contributed by atoms with van der Waals surface area (Å²) in [6, 6.07) is 9.13. The zero-order valence-electron chi connectivity index (χ0n) is 13.1. The lowest BCUT2D eigenvalue weighted by atomic mass is 10.0. The molecule has 2 N–H and O–H groups in total. The van der Waals surface area contributed by atoms with E-state index in [2.05, 4.69) is 4.98 Å². The molecule has 0 unspecified atom stereocenters. The van der Waals surface area contributed by atoms with Crippen LogP contribution in [0.2, 0.25) is 0 Å². The van der Waals surface area contributed by atoms with Crippen LogP contribution in [0.15, 0.2) is 36.4 Å². The van der Waals surface area contributed by atoms with Gasteiger partial charge in [0, 0.05) is 5.39 Å². The lowest BCUT2D eigenvalue weighted by Crippen LogP contribution is -2.08. The van der Waals surface area contributed by atoms with E-state index in [0.717, 1.165) is 6.07 Å². The van der Waals surface area contributed by atoms with Gasteiger partial charge in [0.05, 0.1) is 17.7 Å². The molecule has 128 valence electrons. The molecule has 0 radical (unpaired) electrons. The Bertz CT molecular complexity index is 1030. The van der Waals surface area contributed by atoms with Gasteiger partial charge in [-0.15, -0.1) is 0 Å². The van der Waals surface area contributed by atoms with Gasteiger partial charge in [0.2, 0.25) is 0 Å². The van der Waals surface area contributed by atoms with Gasteiger partial charge in [0.25, 0.3) is 0 Å². The Balaban J connectivity index is 2.34. The summed E-state index contributed by atoms with van der Waals surface area (Å²) in [5, 5.41) is 10.1. The van der Waals surface area contributed by atoms with E-state index in [4.69, 9.17) is 17.0 Å². The molecule has 0 amide bonds. The Hall–Kier alpha value is -2.80. The molecule has 2 aromatic carbocycles. The second kappa shape index (κ2) is 6.60. The number of ether oxygens (including phenoxy) is 1. The Morgan fingerprint density at radius 1 is 1.28 bits per heavy atom. The quantitative estimate of drug-likeness (QED) is 0.523. The number of aromatic nitrogens is 1. The van der Waals surface area contributed by atoms with Gasteiger partial charge in [0.15, 0.2) is 5.82 Å². The van der Waals surface area contributed by atoms with Crippen molar-refractivity contribution < 1.29 is 23.4 Å². The molecule has 0 fully saturated rings. The van der Waals surface area contributed by atoms with Crippen LogP contribution in [-0.4, -0.2) is 22.7 Å². The number of carbonyl (C=O) groups excluding carboxylic acids is 1. The number of H-pyrrole nitrogens is 1. The third kappa shape index (κ3) is 2.87. The second-order valence-electron chi connectivity index (χ2n) is 5.23. The summed E-state index contributed by atoms with van der Waals surface area (Å²) in [4.78, 5) is 14.5. The second-order valence-corrected chi connectivity index (χ2v) is 5.64. The fraction of sp³-hybridized carbons (Fsp3) is 0.111. The lowest BCUT2D eigenvalue weighted by molar-refractivity contribution is 0.0522. The number of fused-ring (bicyclic) bond motifs is 1. The van der Waals surface area contributed by atoms with Crippen LogP contribution in [0.4, 0.5) is 8.78 Å². The van der Waals surface area contributed by atoms with Crippen molar-refractivity contribution in [3.63, 3.8) is 0 Å². The molecule has 4 nitrogen and oxygen atoms in total. The van der Waals surface area contributed by atoms with E-state index < -0.39 is 23.4 Å². The van der Waals surface area contributed by atoms with E-state index in [-0.39, 0.29) is 33.3 Å². The Kier molecular flexibility index (Phi) is 4.50. The molecular formula is C18H13F2NO3S. The van der Waals surface area contributed by atoms with E-state index in [0.29, 0.717) is 5.56 Å².